The zero-order chi connectivity index (χ0) is 20.2. The molecule has 0 bridgehead atoms. The van der Waals surface area contributed by atoms with Crippen molar-refractivity contribution in [3.05, 3.63) is 52.5 Å². The monoisotopic (exact) mass is 409 g/mol. The fourth-order valence-electron chi connectivity index (χ4n) is 3.86. The Balaban J connectivity index is 1.37. The van der Waals surface area contributed by atoms with Crippen molar-refractivity contribution in [3.63, 3.8) is 0 Å². The predicted octanol–water partition coefficient (Wildman–Crippen LogP) is 4.90. The number of benzene rings is 2. The minimum atomic E-state index is 0.207. The standard InChI is InChI=1S/C23H24ClN3O2/c1-29-20-7-8-21(22(24)12-20)16-5-6-17-13-27(14-18(17)11-16)23(28)4-2-3-19-9-10-25-15-26-19/h5-8,10-12,15,19H,2-4,9,13-14H2,1H3. The molecule has 29 heavy (non-hydrogen) atoms. The van der Waals surface area contributed by atoms with Crippen molar-refractivity contribution in [2.24, 2.45) is 9.98 Å². The van der Waals surface area contributed by atoms with Crippen LogP contribution in [0.25, 0.3) is 11.1 Å². The molecule has 2 heterocycles. The van der Waals surface area contributed by atoms with Gasteiger partial charge in [0.05, 0.1) is 18.2 Å². The highest BCUT2D eigenvalue weighted by Crippen LogP contribution is 2.34. The second-order valence-electron chi connectivity index (χ2n) is 7.46. The Morgan fingerprint density at radius 1 is 1.21 bits per heavy atom. The van der Waals surface area contributed by atoms with Crippen molar-refractivity contribution in [3.8, 4) is 16.9 Å². The Morgan fingerprint density at radius 3 is 2.83 bits per heavy atom. The van der Waals surface area contributed by atoms with Crippen molar-refractivity contribution >= 4 is 30.1 Å². The maximum atomic E-state index is 12.7. The average Bonchev–Trinajstić information content (AvgIpc) is 3.18. The molecule has 1 unspecified atom stereocenters. The number of hydrogen-bond donors (Lipinski definition) is 0. The molecule has 0 fully saturated rings. The van der Waals surface area contributed by atoms with Gasteiger partial charge in [-0.3, -0.25) is 9.79 Å². The first-order chi connectivity index (χ1) is 14.1. The van der Waals surface area contributed by atoms with E-state index in [9.17, 15) is 4.79 Å². The molecule has 0 saturated carbocycles. The molecule has 1 atom stereocenters. The molecule has 6 heteroatoms. The molecule has 0 radical (unpaired) electrons. The zero-order valence-electron chi connectivity index (χ0n) is 16.5. The van der Waals surface area contributed by atoms with Crippen LogP contribution in [0.2, 0.25) is 5.02 Å². The minimum absolute atomic E-state index is 0.207. The normalized spacial score (nSPS) is 17.4. The molecule has 1 amide bonds. The highest BCUT2D eigenvalue weighted by Gasteiger charge is 2.24. The molecule has 5 nitrogen and oxygen atoms in total. The number of aliphatic imine (C=N–C) groups is 2. The van der Waals surface area contributed by atoms with Gasteiger partial charge in [-0.15, -0.1) is 0 Å². The quantitative estimate of drug-likeness (QED) is 0.681. The van der Waals surface area contributed by atoms with Gasteiger partial charge in [0.15, 0.2) is 0 Å². The van der Waals surface area contributed by atoms with Gasteiger partial charge >= 0.3 is 0 Å². The van der Waals surface area contributed by atoms with E-state index in [0.29, 0.717) is 24.5 Å². The Bertz CT molecular complexity index is 971. The maximum absolute atomic E-state index is 12.7. The number of hydrogen-bond acceptors (Lipinski definition) is 4. The highest BCUT2D eigenvalue weighted by atomic mass is 35.5. The maximum Gasteiger partial charge on any atom is 0.223 e. The summed E-state index contributed by atoms with van der Waals surface area (Å²) in [5.74, 6) is 0.946. The third kappa shape index (κ3) is 4.51. The Kier molecular flexibility index (Phi) is 5.95. The van der Waals surface area contributed by atoms with Crippen LogP contribution in [0.5, 0.6) is 5.75 Å². The molecule has 150 valence electrons. The molecule has 2 aliphatic rings. The molecule has 4 rings (SSSR count). The fourth-order valence-corrected chi connectivity index (χ4v) is 4.14. The Hall–Kier alpha value is -2.66. The zero-order valence-corrected chi connectivity index (χ0v) is 17.2. The van der Waals surface area contributed by atoms with Crippen LogP contribution in [0.4, 0.5) is 0 Å². The van der Waals surface area contributed by atoms with Gasteiger partial charge in [-0.25, -0.2) is 4.99 Å². The first-order valence-corrected chi connectivity index (χ1v) is 10.3. The lowest BCUT2D eigenvalue weighted by Crippen LogP contribution is -2.25. The molecule has 2 aromatic carbocycles. The summed E-state index contributed by atoms with van der Waals surface area (Å²) in [5, 5.41) is 0.658. The molecule has 0 N–H and O–H groups in total. The van der Waals surface area contributed by atoms with Crippen LogP contribution in [0.1, 0.15) is 36.8 Å². The number of nitrogens with zero attached hydrogens (tertiary/aromatic N) is 3. The molecule has 0 aromatic heterocycles. The van der Waals surface area contributed by atoms with E-state index in [1.165, 1.54) is 11.1 Å². The number of amides is 1. The first-order valence-electron chi connectivity index (χ1n) is 9.91. The van der Waals surface area contributed by atoms with E-state index < -0.39 is 0 Å². The molecule has 2 aliphatic heterocycles. The summed E-state index contributed by atoms with van der Waals surface area (Å²) in [7, 11) is 1.63. The summed E-state index contributed by atoms with van der Waals surface area (Å²) in [6.07, 6.45) is 6.72. The Morgan fingerprint density at radius 2 is 2.07 bits per heavy atom. The summed E-state index contributed by atoms with van der Waals surface area (Å²) in [6, 6.07) is 12.3. The van der Waals surface area contributed by atoms with Gasteiger partial charge in [-0.2, -0.15) is 0 Å². The second kappa shape index (κ2) is 8.78. The molecular formula is C23H24ClN3O2. The minimum Gasteiger partial charge on any atom is -0.497 e. The van der Waals surface area contributed by atoms with Gasteiger partial charge in [0.2, 0.25) is 5.91 Å². The first kappa shape index (κ1) is 19.6. The summed E-state index contributed by atoms with van der Waals surface area (Å²) >= 11 is 6.43. The summed E-state index contributed by atoms with van der Waals surface area (Å²) < 4.78 is 5.23. The van der Waals surface area contributed by atoms with E-state index in [1.807, 2.05) is 29.3 Å². The number of rotatable bonds is 6. The molecule has 0 spiro atoms. The van der Waals surface area contributed by atoms with Gasteiger partial charge in [0.25, 0.3) is 0 Å². The van der Waals surface area contributed by atoms with Crippen LogP contribution in [0.3, 0.4) is 0 Å². The van der Waals surface area contributed by atoms with Gasteiger partial charge in [-0.1, -0.05) is 23.7 Å². The molecule has 2 aromatic rings. The third-order valence-corrected chi connectivity index (χ3v) is 5.84. The van der Waals surface area contributed by atoms with Gasteiger partial charge in [-0.05, 0) is 53.8 Å². The predicted molar refractivity (Wildman–Crippen MR) is 117 cm³/mol. The summed E-state index contributed by atoms with van der Waals surface area (Å²) in [6.45, 7) is 1.34. The van der Waals surface area contributed by atoms with Gasteiger partial charge in [0.1, 0.15) is 12.1 Å². The molecular weight excluding hydrogens is 386 g/mol. The Labute approximate surface area is 176 Å². The van der Waals surface area contributed by atoms with E-state index in [0.717, 1.165) is 36.1 Å². The third-order valence-electron chi connectivity index (χ3n) is 5.52. The molecule has 0 saturated heterocycles. The van der Waals surface area contributed by atoms with Crippen LogP contribution in [-0.4, -0.2) is 36.5 Å². The largest absolute Gasteiger partial charge is 0.497 e. The summed E-state index contributed by atoms with van der Waals surface area (Å²) in [5.41, 5.74) is 4.43. The van der Waals surface area contributed by atoms with Crippen molar-refractivity contribution in [2.75, 3.05) is 7.11 Å². The van der Waals surface area contributed by atoms with Crippen molar-refractivity contribution in [2.45, 2.75) is 44.8 Å². The number of carbonyl (C=O) groups is 1. The lowest BCUT2D eigenvalue weighted by atomic mass is 10.0. The number of halogens is 1. The van der Waals surface area contributed by atoms with Gasteiger partial charge in [0, 0.05) is 37.7 Å². The SMILES string of the molecule is COc1ccc(-c2ccc3c(c2)CN(C(=O)CCCC2CC=NC=N2)C3)c(Cl)c1. The topological polar surface area (TPSA) is 54.3 Å². The van der Waals surface area contributed by atoms with E-state index in [2.05, 4.69) is 28.2 Å². The van der Waals surface area contributed by atoms with Crippen molar-refractivity contribution in [1.82, 2.24) is 4.90 Å². The smallest absolute Gasteiger partial charge is 0.223 e. The molecule has 0 aliphatic carbocycles. The average molecular weight is 410 g/mol. The number of carbonyl (C=O) groups excluding carboxylic acids is 1. The van der Waals surface area contributed by atoms with Crippen molar-refractivity contribution < 1.29 is 9.53 Å². The lowest BCUT2D eigenvalue weighted by Gasteiger charge is -2.16. The van der Waals surface area contributed by atoms with E-state index in [4.69, 9.17) is 16.3 Å². The van der Waals surface area contributed by atoms with Crippen LogP contribution in [0, 0.1) is 0 Å². The van der Waals surface area contributed by atoms with E-state index in [1.54, 1.807) is 13.4 Å². The number of methoxy groups -OCH3 is 1. The second-order valence-corrected chi connectivity index (χ2v) is 7.86. The van der Waals surface area contributed by atoms with Crippen LogP contribution in [-0.2, 0) is 17.9 Å². The number of ether oxygens (including phenoxy) is 1. The van der Waals surface area contributed by atoms with Crippen LogP contribution < -0.4 is 4.74 Å². The lowest BCUT2D eigenvalue weighted by molar-refractivity contribution is -0.131. The van der Waals surface area contributed by atoms with E-state index >= 15 is 0 Å². The fraction of sp³-hybridized carbons (Fsp3) is 0.348. The van der Waals surface area contributed by atoms with E-state index in [-0.39, 0.29) is 11.9 Å². The van der Waals surface area contributed by atoms with Crippen molar-refractivity contribution in [1.29, 1.82) is 0 Å². The highest BCUT2D eigenvalue weighted by molar-refractivity contribution is 6.33. The van der Waals surface area contributed by atoms with Crippen LogP contribution >= 0.6 is 11.6 Å². The summed E-state index contributed by atoms with van der Waals surface area (Å²) in [4.78, 5) is 22.9. The van der Waals surface area contributed by atoms with Gasteiger partial charge < -0.3 is 9.64 Å². The number of fused-ring (bicyclic) bond motifs is 1. The van der Waals surface area contributed by atoms with Crippen LogP contribution in [0.15, 0.2) is 46.4 Å².